The summed E-state index contributed by atoms with van der Waals surface area (Å²) < 4.78 is 70.7. The fraction of sp³-hybridized carbons (Fsp3) is 0.462. The lowest BCUT2D eigenvalue weighted by atomic mass is 9.88. The van der Waals surface area contributed by atoms with Gasteiger partial charge in [0, 0.05) is 60.6 Å². The van der Waals surface area contributed by atoms with Crippen molar-refractivity contribution in [1.29, 1.82) is 0 Å². The number of halogens is 5. The van der Waals surface area contributed by atoms with Gasteiger partial charge in [-0.2, -0.15) is 5.06 Å². The van der Waals surface area contributed by atoms with Gasteiger partial charge in [0.25, 0.3) is 6.43 Å². The minimum atomic E-state index is -2.67. The molecule has 0 aliphatic carbocycles. The van der Waals surface area contributed by atoms with Gasteiger partial charge >= 0.3 is 0 Å². The highest BCUT2D eigenvalue weighted by atomic mass is 19.3. The van der Waals surface area contributed by atoms with Gasteiger partial charge in [-0.05, 0) is 43.5 Å². The summed E-state index contributed by atoms with van der Waals surface area (Å²) in [5, 5.41) is 11.7. The van der Waals surface area contributed by atoms with Gasteiger partial charge < -0.3 is 15.1 Å². The molecule has 0 bridgehead atoms. The van der Waals surface area contributed by atoms with Gasteiger partial charge in [0.15, 0.2) is 0 Å². The van der Waals surface area contributed by atoms with Gasteiger partial charge in [-0.15, -0.1) is 0 Å². The van der Waals surface area contributed by atoms with E-state index < -0.39 is 37.3 Å². The van der Waals surface area contributed by atoms with Crippen LogP contribution in [0.5, 0.6) is 0 Å². The van der Waals surface area contributed by atoms with Crippen LogP contribution in [-0.2, 0) is 6.42 Å². The standard InChI is InChI=1S/C26H31F5N4O/c1-16-12-19-18-6-3-4-7-22(18)32-25(19)26(35(16)15-23(30)31)24-20(28)13-17(14-21(24)29)33(2)10-11-34(36)9-5-8-27/h3-4,6-7,13-14,16,23,26,32,36H,5,8-12,15H2,1-2H3/t16-,26-/m1/s1. The van der Waals surface area contributed by atoms with Crippen molar-refractivity contribution in [3.63, 3.8) is 0 Å². The molecule has 0 radical (unpaired) electrons. The average molecular weight is 511 g/mol. The summed E-state index contributed by atoms with van der Waals surface area (Å²) in [6, 6.07) is 8.45. The van der Waals surface area contributed by atoms with Crippen molar-refractivity contribution in [1.82, 2.24) is 14.9 Å². The van der Waals surface area contributed by atoms with E-state index in [1.807, 2.05) is 24.3 Å². The molecule has 196 valence electrons. The van der Waals surface area contributed by atoms with Gasteiger partial charge in [0.2, 0.25) is 0 Å². The molecule has 0 saturated heterocycles. The van der Waals surface area contributed by atoms with E-state index in [-0.39, 0.29) is 43.3 Å². The smallest absolute Gasteiger partial charge is 0.251 e. The van der Waals surface area contributed by atoms with E-state index in [2.05, 4.69) is 4.98 Å². The molecular weight excluding hydrogens is 479 g/mol. The van der Waals surface area contributed by atoms with Crippen LogP contribution in [0.15, 0.2) is 36.4 Å². The largest absolute Gasteiger partial charge is 0.373 e. The van der Waals surface area contributed by atoms with E-state index in [1.54, 1.807) is 18.9 Å². The Morgan fingerprint density at radius 1 is 1.11 bits per heavy atom. The zero-order valence-corrected chi connectivity index (χ0v) is 20.3. The maximum atomic E-state index is 15.6. The number of hydrogen-bond donors (Lipinski definition) is 2. The predicted molar refractivity (Wildman–Crippen MR) is 130 cm³/mol. The van der Waals surface area contributed by atoms with E-state index in [0.717, 1.165) is 21.5 Å². The number of para-hydroxylation sites is 1. The van der Waals surface area contributed by atoms with Crippen LogP contribution in [0.3, 0.4) is 0 Å². The molecule has 4 rings (SSSR count). The Hall–Kier alpha value is -2.69. The Balaban J connectivity index is 1.70. The van der Waals surface area contributed by atoms with Crippen molar-refractivity contribution < 1.29 is 27.2 Å². The summed E-state index contributed by atoms with van der Waals surface area (Å²) >= 11 is 0. The first kappa shape index (κ1) is 26.4. The highest BCUT2D eigenvalue weighted by Crippen LogP contribution is 2.43. The van der Waals surface area contributed by atoms with Crippen molar-refractivity contribution in [3.05, 3.63) is 64.9 Å². The van der Waals surface area contributed by atoms with E-state index in [0.29, 0.717) is 12.1 Å². The molecule has 0 spiro atoms. The molecule has 2 N–H and O–H groups in total. The first-order chi connectivity index (χ1) is 17.2. The number of H-pyrrole nitrogens is 1. The highest BCUT2D eigenvalue weighted by molar-refractivity contribution is 5.85. The number of likely N-dealkylation sites (N-methyl/N-ethyl adjacent to an activating group) is 1. The van der Waals surface area contributed by atoms with Crippen LogP contribution in [-0.4, -0.2) is 72.5 Å². The van der Waals surface area contributed by atoms with Gasteiger partial charge in [-0.3, -0.25) is 9.29 Å². The average Bonchev–Trinajstić information content (AvgIpc) is 3.20. The van der Waals surface area contributed by atoms with Crippen LogP contribution in [0.2, 0.25) is 0 Å². The zero-order chi connectivity index (χ0) is 26.0. The highest BCUT2D eigenvalue weighted by Gasteiger charge is 2.39. The van der Waals surface area contributed by atoms with Crippen LogP contribution in [0.25, 0.3) is 10.9 Å². The minimum Gasteiger partial charge on any atom is -0.373 e. The molecule has 1 aromatic heterocycles. The van der Waals surface area contributed by atoms with Gasteiger partial charge in [0.05, 0.1) is 19.3 Å². The molecule has 0 amide bonds. The van der Waals surface area contributed by atoms with Gasteiger partial charge in [-0.1, -0.05) is 18.2 Å². The number of benzene rings is 2. The maximum Gasteiger partial charge on any atom is 0.251 e. The monoisotopic (exact) mass is 510 g/mol. The van der Waals surface area contributed by atoms with Crippen LogP contribution in [0, 0.1) is 11.6 Å². The molecule has 2 heterocycles. The van der Waals surface area contributed by atoms with Crippen molar-refractivity contribution in [2.45, 2.75) is 38.3 Å². The molecule has 1 aliphatic rings. The Labute approximate surface area is 207 Å². The Kier molecular flexibility index (Phi) is 8.17. The summed E-state index contributed by atoms with van der Waals surface area (Å²) in [4.78, 5) is 6.27. The van der Waals surface area contributed by atoms with Crippen LogP contribution in [0.1, 0.15) is 36.2 Å². The second kappa shape index (κ2) is 11.1. The second-order valence-corrected chi connectivity index (χ2v) is 9.35. The van der Waals surface area contributed by atoms with Crippen LogP contribution in [0.4, 0.5) is 27.6 Å². The Morgan fingerprint density at radius 3 is 2.47 bits per heavy atom. The summed E-state index contributed by atoms with van der Waals surface area (Å²) in [7, 11) is 1.62. The molecule has 2 aromatic carbocycles. The number of rotatable bonds is 10. The lowest BCUT2D eigenvalue weighted by molar-refractivity contribution is -0.0892. The molecule has 5 nitrogen and oxygen atoms in total. The van der Waals surface area contributed by atoms with Crippen LogP contribution < -0.4 is 4.90 Å². The normalized spacial score (nSPS) is 18.4. The molecule has 0 unspecified atom stereocenters. The van der Waals surface area contributed by atoms with E-state index >= 15 is 8.78 Å². The van der Waals surface area contributed by atoms with Gasteiger partial charge in [-0.25, -0.2) is 17.6 Å². The van der Waals surface area contributed by atoms with Crippen molar-refractivity contribution in [2.75, 3.05) is 44.8 Å². The third-order valence-electron chi connectivity index (χ3n) is 6.89. The predicted octanol–water partition coefficient (Wildman–Crippen LogP) is 5.53. The summed E-state index contributed by atoms with van der Waals surface area (Å²) in [6.45, 7) is 1.17. The molecule has 1 aliphatic heterocycles. The van der Waals surface area contributed by atoms with Crippen molar-refractivity contribution >= 4 is 16.6 Å². The SMILES string of the molecule is C[C@@H]1Cc2c([nH]c3ccccc23)[C@@H](c2c(F)cc(N(C)CCN(O)CCCF)cc2F)N1CC(F)F. The fourth-order valence-electron chi connectivity index (χ4n) is 5.06. The number of aromatic nitrogens is 1. The number of alkyl halides is 3. The third kappa shape index (κ3) is 5.35. The summed E-state index contributed by atoms with van der Waals surface area (Å²) in [5.74, 6) is -1.67. The molecule has 0 saturated carbocycles. The Morgan fingerprint density at radius 2 is 1.81 bits per heavy atom. The number of fused-ring (bicyclic) bond motifs is 3. The number of aromatic amines is 1. The number of hydrogen-bond acceptors (Lipinski definition) is 4. The lowest BCUT2D eigenvalue weighted by Gasteiger charge is -2.41. The number of nitrogens with one attached hydrogen (secondary N) is 1. The summed E-state index contributed by atoms with van der Waals surface area (Å²) in [5.41, 5.74) is 2.16. The zero-order valence-electron chi connectivity index (χ0n) is 20.3. The summed E-state index contributed by atoms with van der Waals surface area (Å²) in [6.07, 6.45) is -2.01. The van der Waals surface area contributed by atoms with E-state index in [4.69, 9.17) is 0 Å². The molecule has 10 heteroatoms. The minimum absolute atomic E-state index is 0.151. The van der Waals surface area contributed by atoms with Gasteiger partial charge in [0.1, 0.15) is 11.6 Å². The number of nitrogens with zero attached hydrogens (tertiary/aromatic N) is 3. The first-order valence-electron chi connectivity index (χ1n) is 12.0. The molecular formula is C26H31F5N4O. The van der Waals surface area contributed by atoms with Crippen LogP contribution >= 0.6 is 0 Å². The molecule has 2 atom stereocenters. The van der Waals surface area contributed by atoms with Crippen molar-refractivity contribution in [2.24, 2.45) is 0 Å². The first-order valence-corrected chi connectivity index (χ1v) is 12.0. The fourth-order valence-corrected chi connectivity index (χ4v) is 5.06. The molecule has 0 fully saturated rings. The number of hydroxylamine groups is 2. The third-order valence-corrected chi connectivity index (χ3v) is 6.89. The Bertz CT molecular complexity index is 1160. The van der Waals surface area contributed by atoms with E-state index in [1.165, 1.54) is 17.0 Å². The maximum absolute atomic E-state index is 15.6. The lowest BCUT2D eigenvalue weighted by Crippen LogP contribution is -2.45. The molecule has 3 aromatic rings. The van der Waals surface area contributed by atoms with Crippen molar-refractivity contribution in [3.8, 4) is 0 Å². The van der Waals surface area contributed by atoms with E-state index in [9.17, 15) is 18.4 Å². The number of anilines is 1. The quantitative estimate of drug-likeness (QED) is 0.278. The topological polar surface area (TPSA) is 45.7 Å². The second-order valence-electron chi connectivity index (χ2n) is 9.35. The molecule has 36 heavy (non-hydrogen) atoms.